The Bertz CT molecular complexity index is 650. The highest BCUT2D eigenvalue weighted by atomic mass is 19.1. The summed E-state index contributed by atoms with van der Waals surface area (Å²) in [5, 5.41) is 6.28. The van der Waals surface area contributed by atoms with Gasteiger partial charge in [-0.2, -0.15) is 0 Å². The first-order chi connectivity index (χ1) is 9.85. The molecule has 0 radical (unpaired) electrons. The van der Waals surface area contributed by atoms with Crippen LogP contribution in [0.4, 0.5) is 21.6 Å². The average Bonchev–Trinajstić information content (AvgIpc) is 2.36. The van der Waals surface area contributed by atoms with Gasteiger partial charge in [0.25, 0.3) is 0 Å². The number of carbonyl (C=O) groups is 1. The molecule has 1 aromatic carbocycles. The predicted octanol–water partition coefficient (Wildman–Crippen LogP) is 3.99. The van der Waals surface area contributed by atoms with Crippen LogP contribution in [0.25, 0.3) is 0 Å². The number of nitrogens with one attached hydrogen (secondary N) is 2. The lowest BCUT2D eigenvalue weighted by atomic mass is 10.1. The van der Waals surface area contributed by atoms with E-state index in [0.717, 1.165) is 5.69 Å². The molecule has 1 aromatic heterocycles. The zero-order chi connectivity index (χ0) is 15.5. The quantitative estimate of drug-likeness (QED) is 0.835. The van der Waals surface area contributed by atoms with Gasteiger partial charge in [0.15, 0.2) is 6.29 Å². The number of pyridine rings is 1. The van der Waals surface area contributed by atoms with Gasteiger partial charge in [0.1, 0.15) is 17.3 Å². The third kappa shape index (κ3) is 4.56. The van der Waals surface area contributed by atoms with Crippen molar-refractivity contribution in [3.63, 3.8) is 0 Å². The highest BCUT2D eigenvalue weighted by molar-refractivity contribution is 5.76. The van der Waals surface area contributed by atoms with Crippen molar-refractivity contribution in [2.45, 2.75) is 26.3 Å². The molecule has 0 spiro atoms. The van der Waals surface area contributed by atoms with Crippen LogP contribution in [0, 0.1) is 5.82 Å². The molecule has 5 heteroatoms. The number of anilines is 3. The number of hydrogen-bond donors (Lipinski definition) is 2. The number of halogens is 1. The standard InChI is InChI=1S/C16H18FN3O/c1-16(2,3)20-13-8-14(10-21)19-15(9-13)18-12-6-4-5-11(17)7-12/h4-10H,1-3H3,(H2,18,19,20). The second-order valence-corrected chi connectivity index (χ2v) is 5.79. The Kier molecular flexibility index (Phi) is 4.21. The van der Waals surface area contributed by atoms with Crippen molar-refractivity contribution < 1.29 is 9.18 Å². The fraction of sp³-hybridized carbons (Fsp3) is 0.250. The summed E-state index contributed by atoms with van der Waals surface area (Å²) in [5.74, 6) is 0.150. The lowest BCUT2D eigenvalue weighted by Crippen LogP contribution is -2.26. The minimum atomic E-state index is -0.334. The van der Waals surface area contributed by atoms with E-state index in [-0.39, 0.29) is 11.4 Å². The van der Waals surface area contributed by atoms with Crippen molar-refractivity contribution >= 4 is 23.5 Å². The molecule has 0 saturated carbocycles. The van der Waals surface area contributed by atoms with E-state index in [0.29, 0.717) is 23.5 Å². The van der Waals surface area contributed by atoms with Gasteiger partial charge in [-0.3, -0.25) is 4.79 Å². The van der Waals surface area contributed by atoms with Crippen LogP contribution in [0.2, 0.25) is 0 Å². The van der Waals surface area contributed by atoms with Gasteiger partial charge in [-0.05, 0) is 45.0 Å². The minimum Gasteiger partial charge on any atom is -0.380 e. The van der Waals surface area contributed by atoms with Crippen molar-refractivity contribution in [1.82, 2.24) is 4.98 Å². The molecule has 0 atom stereocenters. The highest BCUT2D eigenvalue weighted by Crippen LogP contribution is 2.22. The van der Waals surface area contributed by atoms with Gasteiger partial charge in [-0.25, -0.2) is 9.37 Å². The summed E-state index contributed by atoms with van der Waals surface area (Å²) >= 11 is 0. The molecule has 0 aliphatic carbocycles. The number of rotatable bonds is 4. The Hall–Kier alpha value is -2.43. The first-order valence-corrected chi connectivity index (χ1v) is 6.64. The van der Waals surface area contributed by atoms with Gasteiger partial charge in [-0.15, -0.1) is 0 Å². The Balaban J connectivity index is 2.30. The van der Waals surface area contributed by atoms with Crippen LogP contribution < -0.4 is 10.6 Å². The van der Waals surface area contributed by atoms with Crippen LogP contribution in [-0.4, -0.2) is 16.8 Å². The maximum atomic E-state index is 13.2. The number of nitrogens with zero attached hydrogens (tertiary/aromatic N) is 1. The van der Waals surface area contributed by atoms with Crippen LogP contribution in [0.15, 0.2) is 36.4 Å². The van der Waals surface area contributed by atoms with E-state index in [1.165, 1.54) is 12.1 Å². The summed E-state index contributed by atoms with van der Waals surface area (Å²) in [6, 6.07) is 9.53. The van der Waals surface area contributed by atoms with Gasteiger partial charge in [-0.1, -0.05) is 6.07 Å². The summed E-state index contributed by atoms with van der Waals surface area (Å²) in [5.41, 5.74) is 1.52. The molecule has 0 aliphatic rings. The van der Waals surface area contributed by atoms with E-state index in [4.69, 9.17) is 0 Å². The molecular formula is C16H18FN3O. The second-order valence-electron chi connectivity index (χ2n) is 5.79. The largest absolute Gasteiger partial charge is 0.380 e. The van der Waals surface area contributed by atoms with Crippen LogP contribution in [0.5, 0.6) is 0 Å². The topological polar surface area (TPSA) is 54.0 Å². The molecule has 110 valence electrons. The number of aromatic nitrogens is 1. The summed E-state index contributed by atoms with van der Waals surface area (Å²) in [6.07, 6.45) is 0.685. The predicted molar refractivity (Wildman–Crippen MR) is 82.7 cm³/mol. The molecule has 0 saturated heterocycles. The van der Waals surface area contributed by atoms with Gasteiger partial charge >= 0.3 is 0 Å². The first kappa shape index (κ1) is 15.0. The van der Waals surface area contributed by atoms with Crippen LogP contribution in [0.3, 0.4) is 0 Å². The van der Waals surface area contributed by atoms with Crippen molar-refractivity contribution in [2.75, 3.05) is 10.6 Å². The molecule has 0 aliphatic heterocycles. The van der Waals surface area contributed by atoms with Crippen LogP contribution >= 0.6 is 0 Å². The molecule has 21 heavy (non-hydrogen) atoms. The van der Waals surface area contributed by atoms with Gasteiger partial charge in [0.2, 0.25) is 0 Å². The second kappa shape index (κ2) is 5.91. The van der Waals surface area contributed by atoms with E-state index in [9.17, 15) is 9.18 Å². The smallest absolute Gasteiger partial charge is 0.168 e. The molecule has 2 aromatic rings. The normalized spacial score (nSPS) is 11.0. The zero-order valence-electron chi connectivity index (χ0n) is 12.3. The van der Waals surface area contributed by atoms with Crippen molar-refractivity contribution in [2.24, 2.45) is 0 Å². The monoisotopic (exact) mass is 287 g/mol. The maximum absolute atomic E-state index is 13.2. The fourth-order valence-corrected chi connectivity index (χ4v) is 1.90. The summed E-state index contributed by atoms with van der Waals surface area (Å²) in [6.45, 7) is 6.06. The molecule has 0 amide bonds. The van der Waals surface area contributed by atoms with E-state index in [2.05, 4.69) is 15.6 Å². The van der Waals surface area contributed by atoms with Crippen LogP contribution in [-0.2, 0) is 0 Å². The number of hydrogen-bond acceptors (Lipinski definition) is 4. The third-order valence-corrected chi connectivity index (χ3v) is 2.58. The molecule has 0 unspecified atom stereocenters. The molecule has 0 fully saturated rings. The number of carbonyl (C=O) groups excluding carboxylic acids is 1. The van der Waals surface area contributed by atoms with E-state index in [1.54, 1.807) is 24.3 Å². The Morgan fingerprint density at radius 1 is 1.14 bits per heavy atom. The highest BCUT2D eigenvalue weighted by Gasteiger charge is 2.11. The van der Waals surface area contributed by atoms with Gasteiger partial charge in [0, 0.05) is 23.0 Å². The van der Waals surface area contributed by atoms with E-state index in [1.807, 2.05) is 20.8 Å². The summed E-state index contributed by atoms with van der Waals surface area (Å²) in [7, 11) is 0. The zero-order valence-corrected chi connectivity index (χ0v) is 12.3. The minimum absolute atomic E-state index is 0.141. The molecule has 2 rings (SSSR count). The van der Waals surface area contributed by atoms with Crippen molar-refractivity contribution in [3.8, 4) is 0 Å². The van der Waals surface area contributed by atoms with Gasteiger partial charge < -0.3 is 10.6 Å². The fourth-order valence-electron chi connectivity index (χ4n) is 1.90. The maximum Gasteiger partial charge on any atom is 0.168 e. The molecule has 0 bridgehead atoms. The molecular weight excluding hydrogens is 269 g/mol. The molecule has 4 nitrogen and oxygen atoms in total. The lowest BCUT2D eigenvalue weighted by molar-refractivity contribution is 0.111. The average molecular weight is 287 g/mol. The lowest BCUT2D eigenvalue weighted by Gasteiger charge is -2.22. The summed E-state index contributed by atoms with van der Waals surface area (Å²) < 4.78 is 13.2. The van der Waals surface area contributed by atoms with Crippen LogP contribution in [0.1, 0.15) is 31.3 Å². The number of aldehydes is 1. The number of benzene rings is 1. The van der Waals surface area contributed by atoms with Crippen molar-refractivity contribution in [1.29, 1.82) is 0 Å². The van der Waals surface area contributed by atoms with E-state index >= 15 is 0 Å². The SMILES string of the molecule is CC(C)(C)Nc1cc(C=O)nc(Nc2cccc(F)c2)c1. The molecule has 1 heterocycles. The Morgan fingerprint density at radius 3 is 2.52 bits per heavy atom. The summed E-state index contributed by atoms with van der Waals surface area (Å²) in [4.78, 5) is 15.2. The Labute approximate surface area is 123 Å². The molecule has 2 N–H and O–H groups in total. The third-order valence-electron chi connectivity index (χ3n) is 2.58. The Morgan fingerprint density at radius 2 is 1.90 bits per heavy atom. The van der Waals surface area contributed by atoms with E-state index < -0.39 is 0 Å². The van der Waals surface area contributed by atoms with Gasteiger partial charge in [0.05, 0.1) is 0 Å². The van der Waals surface area contributed by atoms with Crippen molar-refractivity contribution in [3.05, 3.63) is 47.9 Å². The first-order valence-electron chi connectivity index (χ1n) is 6.64.